The average Bonchev–Trinajstić information content (AvgIpc) is 3.03. The molecule has 0 saturated heterocycles. The van der Waals surface area contributed by atoms with Crippen LogP contribution in [0.5, 0.6) is 11.5 Å². The number of nitrogens with one attached hydrogen (secondary N) is 1. The summed E-state index contributed by atoms with van der Waals surface area (Å²) in [6.07, 6.45) is 4.82. The van der Waals surface area contributed by atoms with Crippen molar-refractivity contribution in [2.45, 2.75) is 62.6 Å². The molecule has 0 radical (unpaired) electrons. The molecule has 13 heteroatoms. The Labute approximate surface area is 272 Å². The van der Waals surface area contributed by atoms with E-state index in [0.717, 1.165) is 48.5 Å². The molecule has 45 heavy (non-hydrogen) atoms. The van der Waals surface area contributed by atoms with Crippen LogP contribution in [0, 0.1) is 5.82 Å². The number of halogens is 3. The minimum atomic E-state index is -4.40. The fourth-order valence-corrected chi connectivity index (χ4v) is 7.33. The maximum Gasteiger partial charge on any atom is 0.264 e. The molecule has 2 aliphatic rings. The number of nitrogens with zero attached hydrogens (tertiary/aromatic N) is 2. The van der Waals surface area contributed by atoms with E-state index in [4.69, 9.17) is 32.7 Å². The van der Waals surface area contributed by atoms with Crippen molar-refractivity contribution < 1.29 is 31.9 Å². The number of benzene rings is 3. The largest absolute Gasteiger partial charge is 0.486 e. The summed E-state index contributed by atoms with van der Waals surface area (Å²) in [7, 11) is -4.40. The molecule has 0 spiro atoms. The van der Waals surface area contributed by atoms with Gasteiger partial charge in [0.1, 0.15) is 31.6 Å². The first-order chi connectivity index (χ1) is 21.5. The van der Waals surface area contributed by atoms with Crippen molar-refractivity contribution in [2.75, 3.05) is 24.1 Å². The van der Waals surface area contributed by atoms with Gasteiger partial charge in [-0.15, -0.1) is 0 Å². The van der Waals surface area contributed by atoms with Crippen molar-refractivity contribution >= 4 is 50.7 Å². The third-order valence-corrected chi connectivity index (χ3v) is 10.3. The predicted octanol–water partition coefficient (Wildman–Crippen LogP) is 5.97. The molecule has 0 aromatic heterocycles. The molecule has 1 aliphatic heterocycles. The molecule has 1 unspecified atom stereocenters. The van der Waals surface area contributed by atoms with Crippen LogP contribution < -0.4 is 19.1 Å². The summed E-state index contributed by atoms with van der Waals surface area (Å²) in [4.78, 5) is 28.8. The van der Waals surface area contributed by atoms with E-state index in [1.807, 2.05) is 0 Å². The second-order valence-electron chi connectivity index (χ2n) is 11.1. The van der Waals surface area contributed by atoms with Crippen molar-refractivity contribution in [3.8, 4) is 11.5 Å². The standard InChI is InChI=1S/C32H34Cl2FN3O6S/c1-21(32(40)36-25-5-3-2-4-6-25)37(19-22-7-8-23(33)17-28(22)34)31(39)20-38(26-11-9-24(35)10-12-26)45(41,42)27-13-14-29-30(18-27)44-16-15-43-29/h7-14,17-18,21,25H,2-6,15-16,19-20H2,1H3,(H,36,40). The zero-order valence-corrected chi connectivity index (χ0v) is 27.0. The first-order valence-electron chi connectivity index (χ1n) is 14.7. The number of rotatable bonds is 10. The molecule has 0 bridgehead atoms. The Hall–Kier alpha value is -3.54. The smallest absolute Gasteiger partial charge is 0.264 e. The molecule has 1 fully saturated rings. The van der Waals surface area contributed by atoms with E-state index >= 15 is 0 Å². The quantitative estimate of drug-likeness (QED) is 0.284. The van der Waals surface area contributed by atoms with Crippen LogP contribution >= 0.6 is 23.2 Å². The van der Waals surface area contributed by atoms with E-state index in [-0.39, 0.29) is 41.4 Å². The van der Waals surface area contributed by atoms with Gasteiger partial charge in [-0.25, -0.2) is 12.8 Å². The number of fused-ring (bicyclic) bond motifs is 1. The Morgan fingerprint density at radius 3 is 2.33 bits per heavy atom. The van der Waals surface area contributed by atoms with Gasteiger partial charge in [-0.05, 0) is 73.9 Å². The molecule has 5 rings (SSSR count). The third kappa shape index (κ3) is 7.82. The van der Waals surface area contributed by atoms with Crippen molar-refractivity contribution in [2.24, 2.45) is 0 Å². The lowest BCUT2D eigenvalue weighted by atomic mass is 9.95. The summed E-state index contributed by atoms with van der Waals surface area (Å²) in [6.45, 7) is 1.40. The molecule has 1 aliphatic carbocycles. The maximum atomic E-state index is 14.2. The molecular weight excluding hydrogens is 644 g/mol. The van der Waals surface area contributed by atoms with Gasteiger partial charge in [0.2, 0.25) is 11.8 Å². The van der Waals surface area contributed by atoms with Gasteiger partial charge in [-0.2, -0.15) is 0 Å². The number of hydrogen-bond acceptors (Lipinski definition) is 6. The highest BCUT2D eigenvalue weighted by atomic mass is 35.5. The van der Waals surface area contributed by atoms with E-state index in [1.54, 1.807) is 19.1 Å². The summed E-state index contributed by atoms with van der Waals surface area (Å²) < 4.78 is 54.2. The van der Waals surface area contributed by atoms with Gasteiger partial charge in [0.15, 0.2) is 11.5 Å². The van der Waals surface area contributed by atoms with Crippen LogP contribution in [0.2, 0.25) is 10.0 Å². The fraction of sp³-hybridized carbons (Fsp3) is 0.375. The van der Waals surface area contributed by atoms with Gasteiger partial charge in [0, 0.05) is 28.7 Å². The highest BCUT2D eigenvalue weighted by Gasteiger charge is 2.34. The van der Waals surface area contributed by atoms with E-state index in [1.165, 1.54) is 41.3 Å². The summed E-state index contributed by atoms with van der Waals surface area (Å²) in [6, 6.07) is 12.8. The summed E-state index contributed by atoms with van der Waals surface area (Å²) in [5, 5.41) is 3.75. The lowest BCUT2D eigenvalue weighted by Crippen LogP contribution is -2.53. The van der Waals surface area contributed by atoms with Gasteiger partial charge in [-0.1, -0.05) is 48.5 Å². The number of sulfonamides is 1. The normalized spacial score (nSPS) is 15.6. The van der Waals surface area contributed by atoms with Gasteiger partial charge < -0.3 is 19.7 Å². The molecule has 2 amide bonds. The van der Waals surface area contributed by atoms with E-state index in [2.05, 4.69) is 5.32 Å². The van der Waals surface area contributed by atoms with Gasteiger partial charge in [-0.3, -0.25) is 13.9 Å². The maximum absolute atomic E-state index is 14.2. The first kappa shape index (κ1) is 32.8. The number of amides is 2. The topological polar surface area (TPSA) is 105 Å². The highest BCUT2D eigenvalue weighted by Crippen LogP contribution is 2.34. The van der Waals surface area contributed by atoms with E-state index in [9.17, 15) is 22.4 Å². The lowest BCUT2D eigenvalue weighted by molar-refractivity contribution is -0.139. The number of hydrogen-bond donors (Lipinski definition) is 1. The molecule has 1 heterocycles. The number of carbonyl (C=O) groups excluding carboxylic acids is 2. The summed E-state index contributed by atoms with van der Waals surface area (Å²) in [5.74, 6) is -0.956. The molecule has 3 aromatic carbocycles. The molecule has 3 aromatic rings. The molecule has 9 nitrogen and oxygen atoms in total. The molecule has 240 valence electrons. The molecular formula is C32H34Cl2FN3O6S. The van der Waals surface area contributed by atoms with Crippen LogP contribution in [-0.2, 0) is 26.2 Å². The van der Waals surface area contributed by atoms with Gasteiger partial charge in [0.25, 0.3) is 10.0 Å². The molecule has 1 atom stereocenters. The second kappa shape index (κ2) is 14.3. The minimum Gasteiger partial charge on any atom is -0.486 e. The monoisotopic (exact) mass is 677 g/mol. The van der Waals surface area contributed by atoms with Crippen LogP contribution in [-0.4, -0.2) is 57.0 Å². The van der Waals surface area contributed by atoms with Crippen LogP contribution in [0.25, 0.3) is 0 Å². The third-order valence-electron chi connectivity index (χ3n) is 7.97. The van der Waals surface area contributed by atoms with Crippen LogP contribution in [0.1, 0.15) is 44.6 Å². The lowest BCUT2D eigenvalue weighted by Gasteiger charge is -2.33. The summed E-state index contributed by atoms with van der Waals surface area (Å²) in [5.41, 5.74) is 0.582. The highest BCUT2D eigenvalue weighted by molar-refractivity contribution is 7.92. The number of carbonyl (C=O) groups is 2. The van der Waals surface area contributed by atoms with Gasteiger partial charge in [0.05, 0.1) is 10.6 Å². The zero-order valence-electron chi connectivity index (χ0n) is 24.7. The number of anilines is 1. The van der Waals surface area contributed by atoms with Crippen LogP contribution in [0.3, 0.4) is 0 Å². The second-order valence-corrected chi connectivity index (χ2v) is 13.8. The molecule has 1 N–H and O–H groups in total. The Morgan fingerprint density at radius 2 is 1.64 bits per heavy atom. The van der Waals surface area contributed by atoms with Crippen LogP contribution in [0.4, 0.5) is 10.1 Å². The Bertz CT molecular complexity index is 1650. The average molecular weight is 679 g/mol. The van der Waals surface area contributed by atoms with Crippen molar-refractivity contribution in [1.82, 2.24) is 10.2 Å². The Balaban J connectivity index is 1.49. The number of ether oxygens (including phenoxy) is 2. The van der Waals surface area contributed by atoms with Crippen LogP contribution in [0.15, 0.2) is 65.6 Å². The van der Waals surface area contributed by atoms with E-state index < -0.39 is 34.3 Å². The fourth-order valence-electron chi connectivity index (χ4n) is 5.43. The van der Waals surface area contributed by atoms with Gasteiger partial charge >= 0.3 is 0 Å². The minimum absolute atomic E-state index is 0.00364. The van der Waals surface area contributed by atoms with Crippen molar-refractivity contribution in [1.29, 1.82) is 0 Å². The molecule has 1 saturated carbocycles. The Morgan fingerprint density at radius 1 is 0.956 bits per heavy atom. The van der Waals surface area contributed by atoms with Crippen molar-refractivity contribution in [3.63, 3.8) is 0 Å². The Kier molecular flexibility index (Phi) is 10.4. The van der Waals surface area contributed by atoms with E-state index in [0.29, 0.717) is 28.0 Å². The summed E-state index contributed by atoms with van der Waals surface area (Å²) >= 11 is 12.6. The van der Waals surface area contributed by atoms with Crippen molar-refractivity contribution in [3.05, 3.63) is 82.1 Å². The zero-order chi connectivity index (χ0) is 32.1. The predicted molar refractivity (Wildman–Crippen MR) is 170 cm³/mol. The SMILES string of the molecule is CC(C(=O)NC1CCCCC1)N(Cc1ccc(Cl)cc1Cl)C(=O)CN(c1ccc(F)cc1)S(=O)(=O)c1ccc2c(c1)OCCO2. The first-order valence-corrected chi connectivity index (χ1v) is 16.9.